The Morgan fingerprint density at radius 2 is 1.86 bits per heavy atom. The van der Waals surface area contributed by atoms with E-state index >= 15 is 0 Å². The zero-order valence-corrected chi connectivity index (χ0v) is 12.8. The normalized spacial score (nSPS) is 11.0. The Morgan fingerprint density at radius 1 is 1.14 bits per heavy atom. The molecule has 0 saturated heterocycles. The molecule has 0 bridgehead atoms. The highest BCUT2D eigenvalue weighted by Gasteiger charge is 2.18. The van der Waals surface area contributed by atoms with Gasteiger partial charge in [0.05, 0.1) is 16.5 Å². The molecule has 5 nitrogen and oxygen atoms in total. The first-order valence-electron chi connectivity index (χ1n) is 6.31. The predicted octanol–water partition coefficient (Wildman–Crippen LogP) is 2.68. The Morgan fingerprint density at radius 3 is 2.43 bits per heavy atom. The van der Waals surface area contributed by atoms with E-state index in [2.05, 4.69) is 9.71 Å². The summed E-state index contributed by atoms with van der Waals surface area (Å²) in [5.74, 6) is 0.288. The fourth-order valence-electron chi connectivity index (χ4n) is 2.11. The van der Waals surface area contributed by atoms with Crippen molar-refractivity contribution in [3.05, 3.63) is 52.7 Å². The number of rotatable bonds is 3. The van der Waals surface area contributed by atoms with Crippen molar-refractivity contribution < 1.29 is 8.42 Å². The standard InChI is InChI=1S/C15H15N3O2S/c1-10-6-12(3)17-15(7-10)18-21(19,20)14-5-4-13(9-16)8-11(14)2/h4-8H,1-3H3,(H,17,18). The topological polar surface area (TPSA) is 82.8 Å². The third-order valence-corrected chi connectivity index (χ3v) is 4.45. The molecule has 0 amide bonds. The van der Waals surface area contributed by atoms with Crippen molar-refractivity contribution in [2.45, 2.75) is 25.7 Å². The third-order valence-electron chi connectivity index (χ3n) is 2.93. The van der Waals surface area contributed by atoms with Gasteiger partial charge < -0.3 is 0 Å². The van der Waals surface area contributed by atoms with Gasteiger partial charge in [0, 0.05) is 5.69 Å². The Kier molecular flexibility index (Phi) is 3.96. The molecule has 0 aliphatic carbocycles. The average Bonchev–Trinajstić information content (AvgIpc) is 2.36. The van der Waals surface area contributed by atoms with E-state index in [0.29, 0.717) is 11.1 Å². The molecule has 0 atom stereocenters. The number of sulfonamides is 1. The van der Waals surface area contributed by atoms with Crippen LogP contribution in [0.25, 0.3) is 0 Å². The van der Waals surface area contributed by atoms with Crippen LogP contribution in [0.4, 0.5) is 5.82 Å². The van der Waals surface area contributed by atoms with E-state index < -0.39 is 10.0 Å². The van der Waals surface area contributed by atoms with Crippen molar-refractivity contribution in [3.8, 4) is 6.07 Å². The van der Waals surface area contributed by atoms with Gasteiger partial charge in [-0.2, -0.15) is 5.26 Å². The summed E-state index contributed by atoms with van der Waals surface area (Å²) in [5, 5.41) is 8.83. The molecule has 0 aliphatic rings. The molecular weight excluding hydrogens is 286 g/mol. The Bertz CT molecular complexity index is 816. The Labute approximate surface area is 124 Å². The van der Waals surface area contributed by atoms with Crippen LogP contribution in [0.2, 0.25) is 0 Å². The average molecular weight is 301 g/mol. The second-order valence-corrected chi connectivity index (χ2v) is 6.52. The van der Waals surface area contributed by atoms with Gasteiger partial charge in [-0.3, -0.25) is 4.72 Å². The van der Waals surface area contributed by atoms with E-state index in [1.807, 2.05) is 19.1 Å². The second-order valence-electron chi connectivity index (χ2n) is 4.87. The molecule has 6 heteroatoms. The van der Waals surface area contributed by atoms with Crippen LogP contribution in [0, 0.1) is 32.1 Å². The third kappa shape index (κ3) is 3.38. The Balaban J connectivity index is 2.41. The van der Waals surface area contributed by atoms with Gasteiger partial charge in [-0.05, 0) is 62.2 Å². The first-order valence-corrected chi connectivity index (χ1v) is 7.79. The predicted molar refractivity (Wildman–Crippen MR) is 80.4 cm³/mol. The molecule has 2 aromatic rings. The fraction of sp³-hybridized carbons (Fsp3) is 0.200. The second kappa shape index (κ2) is 5.54. The minimum Gasteiger partial charge on any atom is -0.263 e. The summed E-state index contributed by atoms with van der Waals surface area (Å²) < 4.78 is 27.3. The fourth-order valence-corrected chi connectivity index (χ4v) is 3.33. The molecule has 21 heavy (non-hydrogen) atoms. The number of anilines is 1. The molecule has 108 valence electrons. The van der Waals surface area contributed by atoms with Crippen LogP contribution < -0.4 is 4.72 Å². The summed E-state index contributed by atoms with van der Waals surface area (Å²) in [6, 6.07) is 9.98. The maximum atomic E-state index is 12.4. The van der Waals surface area contributed by atoms with Crippen molar-refractivity contribution in [2.75, 3.05) is 4.72 Å². The van der Waals surface area contributed by atoms with Crippen molar-refractivity contribution in [1.82, 2.24) is 4.98 Å². The minimum absolute atomic E-state index is 0.141. The highest BCUT2D eigenvalue weighted by Crippen LogP contribution is 2.20. The van der Waals surface area contributed by atoms with Gasteiger partial charge in [-0.15, -0.1) is 0 Å². The van der Waals surface area contributed by atoms with Gasteiger partial charge in [0.1, 0.15) is 5.82 Å². The van der Waals surface area contributed by atoms with Crippen LogP contribution in [-0.2, 0) is 10.0 Å². The van der Waals surface area contributed by atoms with Gasteiger partial charge >= 0.3 is 0 Å². The quantitative estimate of drug-likeness (QED) is 0.944. The molecular formula is C15H15N3O2S. The number of hydrogen-bond donors (Lipinski definition) is 1. The summed E-state index contributed by atoms with van der Waals surface area (Å²) in [6.07, 6.45) is 0. The van der Waals surface area contributed by atoms with Crippen molar-refractivity contribution >= 4 is 15.8 Å². The molecule has 2 rings (SSSR count). The molecule has 0 unspecified atom stereocenters. The molecule has 0 aliphatic heterocycles. The summed E-state index contributed by atoms with van der Waals surface area (Å²) >= 11 is 0. The van der Waals surface area contributed by atoms with Crippen LogP contribution in [-0.4, -0.2) is 13.4 Å². The van der Waals surface area contributed by atoms with E-state index in [1.54, 1.807) is 26.0 Å². The monoisotopic (exact) mass is 301 g/mol. The first-order chi connectivity index (χ1) is 9.81. The number of aromatic nitrogens is 1. The number of nitrogens with zero attached hydrogens (tertiary/aromatic N) is 2. The number of benzene rings is 1. The van der Waals surface area contributed by atoms with Crippen molar-refractivity contribution in [1.29, 1.82) is 5.26 Å². The van der Waals surface area contributed by atoms with Gasteiger partial charge in [-0.1, -0.05) is 0 Å². The number of nitrogens with one attached hydrogen (secondary N) is 1. The van der Waals surface area contributed by atoms with Gasteiger partial charge in [0.15, 0.2) is 0 Å². The summed E-state index contributed by atoms with van der Waals surface area (Å²) in [4.78, 5) is 4.31. The lowest BCUT2D eigenvalue weighted by Crippen LogP contribution is -2.15. The van der Waals surface area contributed by atoms with E-state index in [1.165, 1.54) is 12.1 Å². The number of hydrogen-bond acceptors (Lipinski definition) is 4. The SMILES string of the molecule is Cc1cc(C)nc(NS(=O)(=O)c2ccc(C#N)cc2C)c1. The van der Waals surface area contributed by atoms with Gasteiger partial charge in [0.2, 0.25) is 0 Å². The molecule has 0 radical (unpaired) electrons. The molecule has 1 N–H and O–H groups in total. The highest BCUT2D eigenvalue weighted by atomic mass is 32.2. The maximum Gasteiger partial charge on any atom is 0.263 e. The van der Waals surface area contributed by atoms with E-state index in [0.717, 1.165) is 11.3 Å². The summed E-state index contributed by atoms with van der Waals surface area (Å²) in [5.41, 5.74) is 2.61. The van der Waals surface area contributed by atoms with E-state index in [4.69, 9.17) is 5.26 Å². The van der Waals surface area contributed by atoms with Crippen LogP contribution in [0.3, 0.4) is 0 Å². The zero-order chi connectivity index (χ0) is 15.6. The van der Waals surface area contributed by atoms with E-state index in [9.17, 15) is 8.42 Å². The summed E-state index contributed by atoms with van der Waals surface area (Å²) in [7, 11) is -3.72. The van der Waals surface area contributed by atoms with Gasteiger partial charge in [-0.25, -0.2) is 13.4 Å². The largest absolute Gasteiger partial charge is 0.263 e. The van der Waals surface area contributed by atoms with Crippen molar-refractivity contribution in [3.63, 3.8) is 0 Å². The lowest BCUT2D eigenvalue weighted by atomic mass is 10.2. The first kappa shape index (κ1) is 15.0. The Hall–Kier alpha value is -2.39. The number of pyridine rings is 1. The van der Waals surface area contributed by atoms with Crippen LogP contribution in [0.1, 0.15) is 22.4 Å². The van der Waals surface area contributed by atoms with Crippen LogP contribution >= 0.6 is 0 Å². The highest BCUT2D eigenvalue weighted by molar-refractivity contribution is 7.92. The van der Waals surface area contributed by atoms with Crippen LogP contribution in [0.15, 0.2) is 35.2 Å². The van der Waals surface area contributed by atoms with Gasteiger partial charge in [0.25, 0.3) is 10.0 Å². The molecule has 0 spiro atoms. The van der Waals surface area contributed by atoms with Crippen molar-refractivity contribution in [2.24, 2.45) is 0 Å². The zero-order valence-electron chi connectivity index (χ0n) is 12.0. The molecule has 0 saturated carbocycles. The molecule has 0 fully saturated rings. The molecule has 1 aromatic carbocycles. The maximum absolute atomic E-state index is 12.4. The van der Waals surface area contributed by atoms with Crippen LogP contribution in [0.5, 0.6) is 0 Å². The lowest BCUT2D eigenvalue weighted by molar-refractivity contribution is 0.600. The lowest BCUT2D eigenvalue weighted by Gasteiger charge is -2.11. The molecule has 1 heterocycles. The number of aryl methyl sites for hydroxylation is 3. The van der Waals surface area contributed by atoms with E-state index in [-0.39, 0.29) is 10.7 Å². The molecule has 1 aromatic heterocycles. The number of nitriles is 1. The minimum atomic E-state index is -3.72. The smallest absolute Gasteiger partial charge is 0.263 e. The summed E-state index contributed by atoms with van der Waals surface area (Å²) in [6.45, 7) is 5.33.